The average molecular weight is 401 g/mol. The van der Waals surface area contributed by atoms with E-state index in [0.717, 1.165) is 47.3 Å². The molecule has 0 aliphatic heterocycles. The van der Waals surface area contributed by atoms with Crippen LogP contribution in [0.1, 0.15) is 42.3 Å². The first-order chi connectivity index (χ1) is 13.2. The highest BCUT2D eigenvalue weighted by atomic mass is 35.5. The van der Waals surface area contributed by atoms with Gasteiger partial charge in [0, 0.05) is 16.4 Å². The van der Waals surface area contributed by atoms with Crippen LogP contribution in [0, 0.1) is 0 Å². The summed E-state index contributed by atoms with van der Waals surface area (Å²) in [5.74, 6) is 0.962. The molecule has 0 amide bonds. The molecule has 1 N–H and O–H groups in total. The van der Waals surface area contributed by atoms with E-state index in [1.807, 2.05) is 23.5 Å². The molecule has 0 radical (unpaired) electrons. The van der Waals surface area contributed by atoms with Crippen LogP contribution in [0.25, 0.3) is 10.2 Å². The second kappa shape index (κ2) is 8.13. The molecule has 2 aromatic heterocycles. The van der Waals surface area contributed by atoms with E-state index in [4.69, 9.17) is 11.6 Å². The lowest BCUT2D eigenvalue weighted by molar-refractivity contribution is 0.228. The molecule has 4 rings (SSSR count). The number of benzene rings is 1. The second-order valence-electron chi connectivity index (χ2n) is 6.90. The van der Waals surface area contributed by atoms with E-state index >= 15 is 0 Å². The Labute approximate surface area is 169 Å². The predicted molar refractivity (Wildman–Crippen MR) is 115 cm³/mol. The second-order valence-corrected chi connectivity index (χ2v) is 8.39. The number of aromatic nitrogens is 2. The summed E-state index contributed by atoms with van der Waals surface area (Å²) in [5.41, 5.74) is 2.62. The van der Waals surface area contributed by atoms with Gasteiger partial charge in [0.05, 0.1) is 11.4 Å². The van der Waals surface area contributed by atoms with Gasteiger partial charge in [-0.25, -0.2) is 9.97 Å². The zero-order valence-corrected chi connectivity index (χ0v) is 17.4. The third-order valence-corrected chi connectivity index (χ3v) is 7.03. The van der Waals surface area contributed by atoms with Gasteiger partial charge in [0.1, 0.15) is 17.0 Å². The van der Waals surface area contributed by atoms with Gasteiger partial charge in [0.25, 0.3) is 0 Å². The Morgan fingerprint density at radius 1 is 1.19 bits per heavy atom. The summed E-state index contributed by atoms with van der Waals surface area (Å²) >= 11 is 8.36. The Balaban J connectivity index is 1.65. The molecule has 4 nitrogen and oxygen atoms in total. The highest BCUT2D eigenvalue weighted by Crippen LogP contribution is 2.39. The van der Waals surface area contributed by atoms with Gasteiger partial charge in [0.15, 0.2) is 0 Å². The fraction of sp³-hybridized carbons (Fsp3) is 0.429. The predicted octanol–water partition coefficient (Wildman–Crippen LogP) is 5.33. The minimum absolute atomic E-state index is 0.199. The number of nitrogens with one attached hydrogen (secondary N) is 1. The molecule has 2 heterocycles. The molecule has 0 unspecified atom stereocenters. The van der Waals surface area contributed by atoms with Crippen LogP contribution in [0.2, 0.25) is 5.02 Å². The Morgan fingerprint density at radius 3 is 2.78 bits per heavy atom. The first kappa shape index (κ1) is 18.7. The van der Waals surface area contributed by atoms with Crippen LogP contribution in [-0.2, 0) is 12.8 Å². The van der Waals surface area contributed by atoms with Crippen molar-refractivity contribution in [3.05, 3.63) is 51.6 Å². The maximum Gasteiger partial charge on any atom is 0.138 e. The molecule has 0 fully saturated rings. The number of aryl methyl sites for hydroxylation is 2. The quantitative estimate of drug-likeness (QED) is 0.582. The van der Waals surface area contributed by atoms with Crippen molar-refractivity contribution < 1.29 is 0 Å². The summed E-state index contributed by atoms with van der Waals surface area (Å²) in [4.78, 5) is 14.1. The van der Waals surface area contributed by atoms with Gasteiger partial charge in [-0.15, -0.1) is 11.3 Å². The number of halogens is 1. The monoisotopic (exact) mass is 400 g/mol. The molecule has 6 heteroatoms. The normalized spacial score (nSPS) is 14.7. The standard InChI is InChI=1S/C21H25ClN4S/c1-3-26(4-2)17(14-8-5-6-10-16(14)22)12-23-20-19-15-9-7-11-18(15)27-21(19)25-13-24-20/h5-6,8,10,13,17H,3-4,7,9,11-12H2,1-2H3,(H,23,24,25)/t17-/m1/s1. The van der Waals surface area contributed by atoms with Crippen molar-refractivity contribution in [3.63, 3.8) is 0 Å². The van der Waals surface area contributed by atoms with Crippen LogP contribution in [0.3, 0.4) is 0 Å². The molecule has 142 valence electrons. The van der Waals surface area contributed by atoms with Gasteiger partial charge >= 0.3 is 0 Å². The largest absolute Gasteiger partial charge is 0.367 e. The van der Waals surface area contributed by atoms with Gasteiger partial charge in [-0.1, -0.05) is 43.6 Å². The van der Waals surface area contributed by atoms with E-state index in [-0.39, 0.29) is 6.04 Å². The average Bonchev–Trinajstić information content (AvgIpc) is 3.27. The topological polar surface area (TPSA) is 41.0 Å². The van der Waals surface area contributed by atoms with Crippen molar-refractivity contribution in [2.75, 3.05) is 25.0 Å². The van der Waals surface area contributed by atoms with Gasteiger partial charge < -0.3 is 5.32 Å². The summed E-state index contributed by atoms with van der Waals surface area (Å²) < 4.78 is 0. The van der Waals surface area contributed by atoms with Gasteiger partial charge in [-0.05, 0) is 49.5 Å². The lowest BCUT2D eigenvalue weighted by Crippen LogP contribution is -2.33. The summed E-state index contributed by atoms with van der Waals surface area (Å²) in [6.07, 6.45) is 5.24. The fourth-order valence-corrected chi connectivity index (χ4v) is 5.59. The number of hydrogen-bond donors (Lipinski definition) is 1. The highest BCUT2D eigenvalue weighted by molar-refractivity contribution is 7.19. The number of rotatable bonds is 7. The molecular formula is C21H25ClN4S. The number of thiophene rings is 1. The Kier molecular flexibility index (Phi) is 5.62. The third kappa shape index (κ3) is 3.56. The van der Waals surface area contributed by atoms with Crippen molar-refractivity contribution >= 4 is 39.0 Å². The molecule has 1 aromatic carbocycles. The molecule has 1 aliphatic rings. The van der Waals surface area contributed by atoms with E-state index in [9.17, 15) is 0 Å². The van der Waals surface area contributed by atoms with Crippen molar-refractivity contribution in [2.45, 2.75) is 39.2 Å². The molecule has 3 aromatic rings. The summed E-state index contributed by atoms with van der Waals surface area (Å²) in [6.45, 7) is 7.11. The first-order valence-corrected chi connectivity index (χ1v) is 10.9. The van der Waals surface area contributed by atoms with Crippen LogP contribution in [0.5, 0.6) is 0 Å². The highest BCUT2D eigenvalue weighted by Gasteiger charge is 2.23. The van der Waals surface area contributed by atoms with E-state index in [1.165, 1.54) is 28.7 Å². The number of anilines is 1. The molecule has 1 aliphatic carbocycles. The van der Waals surface area contributed by atoms with Crippen molar-refractivity contribution in [3.8, 4) is 0 Å². The Morgan fingerprint density at radius 2 is 2.00 bits per heavy atom. The molecule has 0 saturated carbocycles. The van der Waals surface area contributed by atoms with Gasteiger partial charge in [0.2, 0.25) is 0 Å². The summed E-state index contributed by atoms with van der Waals surface area (Å²) in [6, 6.07) is 8.35. The SMILES string of the molecule is CCN(CC)[C@H](CNc1ncnc2sc3c(c12)CCC3)c1ccccc1Cl. The molecule has 1 atom stereocenters. The zero-order chi connectivity index (χ0) is 18.8. The minimum atomic E-state index is 0.199. The van der Waals surface area contributed by atoms with E-state index in [0.29, 0.717) is 0 Å². The molecule has 27 heavy (non-hydrogen) atoms. The van der Waals surface area contributed by atoms with E-state index in [2.05, 4.69) is 46.2 Å². The van der Waals surface area contributed by atoms with Crippen LogP contribution in [0.15, 0.2) is 30.6 Å². The Hall–Kier alpha value is -1.69. The van der Waals surface area contributed by atoms with Crippen molar-refractivity contribution in [2.24, 2.45) is 0 Å². The molecule has 0 saturated heterocycles. The number of fused-ring (bicyclic) bond motifs is 3. The minimum Gasteiger partial charge on any atom is -0.367 e. The molecule has 0 bridgehead atoms. The van der Waals surface area contributed by atoms with Crippen LogP contribution in [-0.4, -0.2) is 34.5 Å². The van der Waals surface area contributed by atoms with Crippen molar-refractivity contribution in [1.29, 1.82) is 0 Å². The zero-order valence-electron chi connectivity index (χ0n) is 15.8. The Bertz CT molecular complexity index is 935. The fourth-order valence-electron chi connectivity index (χ4n) is 4.10. The van der Waals surface area contributed by atoms with Gasteiger partial charge in [-0.2, -0.15) is 0 Å². The van der Waals surface area contributed by atoms with E-state index in [1.54, 1.807) is 6.33 Å². The lowest BCUT2D eigenvalue weighted by atomic mass is 10.0. The smallest absolute Gasteiger partial charge is 0.138 e. The van der Waals surface area contributed by atoms with Crippen molar-refractivity contribution in [1.82, 2.24) is 14.9 Å². The third-order valence-electron chi connectivity index (χ3n) is 5.48. The maximum absolute atomic E-state index is 6.53. The number of nitrogens with zero attached hydrogens (tertiary/aromatic N) is 3. The first-order valence-electron chi connectivity index (χ1n) is 9.70. The lowest BCUT2D eigenvalue weighted by Gasteiger charge is -2.31. The number of likely N-dealkylation sites (N-methyl/N-ethyl adjacent to an activating group) is 1. The maximum atomic E-state index is 6.53. The van der Waals surface area contributed by atoms with Crippen LogP contribution in [0.4, 0.5) is 5.82 Å². The van der Waals surface area contributed by atoms with Gasteiger partial charge in [-0.3, -0.25) is 4.90 Å². The van der Waals surface area contributed by atoms with Crippen LogP contribution >= 0.6 is 22.9 Å². The van der Waals surface area contributed by atoms with E-state index < -0.39 is 0 Å². The molecule has 0 spiro atoms. The summed E-state index contributed by atoms with van der Waals surface area (Å²) in [5, 5.41) is 5.68. The molecular weight excluding hydrogens is 376 g/mol. The summed E-state index contributed by atoms with van der Waals surface area (Å²) in [7, 11) is 0. The van der Waals surface area contributed by atoms with Crippen LogP contribution < -0.4 is 5.32 Å². The number of hydrogen-bond acceptors (Lipinski definition) is 5.